The first kappa shape index (κ1) is 17.1. The van der Waals surface area contributed by atoms with E-state index in [0.717, 1.165) is 42.3 Å². The Labute approximate surface area is 154 Å². The van der Waals surface area contributed by atoms with Gasteiger partial charge in [-0.15, -0.1) is 0 Å². The fourth-order valence-corrected chi connectivity index (χ4v) is 4.47. The SMILES string of the molecule is Nc1cc2sc(N3CCOCC3)nc2nc1N1CCCC(NC(=O)O)C1. The minimum Gasteiger partial charge on any atom is -0.465 e. The summed E-state index contributed by atoms with van der Waals surface area (Å²) in [5.41, 5.74) is 7.55. The van der Waals surface area contributed by atoms with Crippen molar-refractivity contribution >= 4 is 44.4 Å². The Morgan fingerprint density at radius 3 is 2.88 bits per heavy atom. The van der Waals surface area contributed by atoms with Crippen LogP contribution in [-0.2, 0) is 4.74 Å². The van der Waals surface area contributed by atoms with Crippen molar-refractivity contribution < 1.29 is 14.6 Å². The van der Waals surface area contributed by atoms with Crippen molar-refractivity contribution in [3.8, 4) is 0 Å². The first-order valence-electron chi connectivity index (χ1n) is 8.74. The van der Waals surface area contributed by atoms with Crippen molar-refractivity contribution in [2.45, 2.75) is 18.9 Å². The third-order valence-corrected chi connectivity index (χ3v) is 5.76. The van der Waals surface area contributed by atoms with Crippen LogP contribution in [0.2, 0.25) is 0 Å². The number of ether oxygens (including phenoxy) is 1. The summed E-state index contributed by atoms with van der Waals surface area (Å²) in [6.07, 6.45) is 0.714. The highest BCUT2D eigenvalue weighted by Gasteiger charge is 2.25. The minimum atomic E-state index is -0.997. The summed E-state index contributed by atoms with van der Waals surface area (Å²) in [6, 6.07) is 1.81. The van der Waals surface area contributed by atoms with E-state index >= 15 is 0 Å². The van der Waals surface area contributed by atoms with Gasteiger partial charge < -0.3 is 30.7 Å². The topological polar surface area (TPSA) is 117 Å². The molecule has 0 radical (unpaired) electrons. The van der Waals surface area contributed by atoms with Gasteiger partial charge in [-0.05, 0) is 18.9 Å². The molecule has 0 spiro atoms. The van der Waals surface area contributed by atoms with Crippen LogP contribution in [0.3, 0.4) is 0 Å². The lowest BCUT2D eigenvalue weighted by Crippen LogP contribution is -2.47. The van der Waals surface area contributed by atoms with Gasteiger partial charge in [-0.3, -0.25) is 0 Å². The number of thiazole rings is 1. The number of nitrogens with zero attached hydrogens (tertiary/aromatic N) is 4. The predicted octanol–water partition coefficient (Wildman–Crippen LogP) is 1.35. The number of piperidine rings is 1. The van der Waals surface area contributed by atoms with Crippen LogP contribution in [-0.4, -0.2) is 66.6 Å². The summed E-state index contributed by atoms with van der Waals surface area (Å²) >= 11 is 1.59. The highest BCUT2D eigenvalue weighted by atomic mass is 32.1. The molecule has 10 heteroatoms. The molecule has 2 fully saturated rings. The molecule has 0 saturated carbocycles. The molecule has 0 bridgehead atoms. The molecule has 9 nitrogen and oxygen atoms in total. The van der Waals surface area contributed by atoms with Crippen molar-refractivity contribution in [3.63, 3.8) is 0 Å². The smallest absolute Gasteiger partial charge is 0.404 e. The molecular weight excluding hydrogens is 356 g/mol. The fourth-order valence-electron chi connectivity index (χ4n) is 3.46. The van der Waals surface area contributed by atoms with Gasteiger partial charge >= 0.3 is 6.09 Å². The van der Waals surface area contributed by atoms with E-state index in [4.69, 9.17) is 20.6 Å². The molecule has 0 aromatic carbocycles. The highest BCUT2D eigenvalue weighted by Crippen LogP contribution is 2.34. The van der Waals surface area contributed by atoms with Crippen LogP contribution in [0.4, 0.5) is 21.4 Å². The van der Waals surface area contributed by atoms with Gasteiger partial charge in [0.25, 0.3) is 0 Å². The molecule has 1 atom stereocenters. The van der Waals surface area contributed by atoms with Gasteiger partial charge in [0.1, 0.15) is 0 Å². The van der Waals surface area contributed by atoms with Gasteiger partial charge in [-0.2, -0.15) is 4.98 Å². The molecule has 4 N–H and O–H groups in total. The average molecular weight is 378 g/mol. The second-order valence-electron chi connectivity index (χ2n) is 6.55. The lowest BCUT2D eigenvalue weighted by atomic mass is 10.1. The van der Waals surface area contributed by atoms with Crippen LogP contribution in [0.5, 0.6) is 0 Å². The molecule has 2 saturated heterocycles. The van der Waals surface area contributed by atoms with E-state index in [2.05, 4.69) is 15.2 Å². The number of pyridine rings is 1. The van der Waals surface area contributed by atoms with Crippen molar-refractivity contribution in [1.29, 1.82) is 0 Å². The van der Waals surface area contributed by atoms with Gasteiger partial charge in [0.15, 0.2) is 16.6 Å². The second kappa shape index (κ2) is 7.12. The quantitative estimate of drug-likeness (QED) is 0.733. The normalized spacial score (nSPS) is 21.2. The van der Waals surface area contributed by atoms with E-state index in [-0.39, 0.29) is 6.04 Å². The number of morpholine rings is 1. The Morgan fingerprint density at radius 2 is 2.12 bits per heavy atom. The number of carboxylic acid groups (broad SMARTS) is 1. The zero-order chi connectivity index (χ0) is 18.1. The van der Waals surface area contributed by atoms with E-state index in [1.165, 1.54) is 0 Å². The number of nitrogen functional groups attached to an aromatic ring is 1. The minimum absolute atomic E-state index is 0.113. The number of aromatic nitrogens is 2. The summed E-state index contributed by atoms with van der Waals surface area (Å²) in [4.78, 5) is 24.6. The number of hydrogen-bond acceptors (Lipinski definition) is 8. The second-order valence-corrected chi connectivity index (χ2v) is 7.56. The van der Waals surface area contributed by atoms with Gasteiger partial charge in [-0.25, -0.2) is 9.78 Å². The Kier molecular flexibility index (Phi) is 4.68. The molecule has 2 aromatic heterocycles. The molecule has 4 rings (SSSR count). The highest BCUT2D eigenvalue weighted by molar-refractivity contribution is 7.22. The van der Waals surface area contributed by atoms with Gasteiger partial charge in [0, 0.05) is 32.2 Å². The number of anilines is 3. The number of nitrogens with two attached hydrogens (primary N) is 1. The Hall–Kier alpha value is -2.33. The molecule has 26 heavy (non-hydrogen) atoms. The zero-order valence-corrected chi connectivity index (χ0v) is 15.2. The number of hydrogen-bond donors (Lipinski definition) is 3. The first-order valence-corrected chi connectivity index (χ1v) is 9.56. The summed E-state index contributed by atoms with van der Waals surface area (Å²) < 4.78 is 6.36. The number of carbonyl (C=O) groups is 1. The van der Waals surface area contributed by atoms with Crippen LogP contribution in [0.15, 0.2) is 6.07 Å². The van der Waals surface area contributed by atoms with E-state index < -0.39 is 6.09 Å². The van der Waals surface area contributed by atoms with Crippen LogP contribution >= 0.6 is 11.3 Å². The molecule has 1 unspecified atom stereocenters. The number of nitrogens with one attached hydrogen (secondary N) is 1. The molecule has 140 valence electrons. The zero-order valence-electron chi connectivity index (χ0n) is 14.3. The third-order valence-electron chi connectivity index (χ3n) is 4.71. The third kappa shape index (κ3) is 3.47. The fraction of sp³-hybridized carbons (Fsp3) is 0.562. The van der Waals surface area contributed by atoms with Crippen molar-refractivity contribution in [2.24, 2.45) is 0 Å². The van der Waals surface area contributed by atoms with E-state index in [9.17, 15) is 4.79 Å². The van der Waals surface area contributed by atoms with Crippen molar-refractivity contribution in [3.05, 3.63) is 6.07 Å². The summed E-state index contributed by atoms with van der Waals surface area (Å²) in [5.74, 6) is 0.688. The molecule has 0 aliphatic carbocycles. The number of amides is 1. The Morgan fingerprint density at radius 1 is 1.31 bits per heavy atom. The summed E-state index contributed by atoms with van der Waals surface area (Å²) in [6.45, 7) is 4.45. The molecule has 1 amide bonds. The maximum Gasteiger partial charge on any atom is 0.404 e. The van der Waals surface area contributed by atoms with Crippen molar-refractivity contribution in [1.82, 2.24) is 15.3 Å². The monoisotopic (exact) mass is 378 g/mol. The molecule has 2 aliphatic rings. The van der Waals surface area contributed by atoms with E-state index in [1.54, 1.807) is 11.3 Å². The van der Waals surface area contributed by atoms with E-state index in [1.807, 2.05) is 11.0 Å². The van der Waals surface area contributed by atoms with Crippen LogP contribution in [0, 0.1) is 0 Å². The Balaban J connectivity index is 1.59. The lowest BCUT2D eigenvalue weighted by molar-refractivity contribution is 0.122. The Bertz CT molecular complexity index is 807. The van der Waals surface area contributed by atoms with Crippen LogP contribution < -0.4 is 20.9 Å². The van der Waals surface area contributed by atoms with Gasteiger partial charge in [0.2, 0.25) is 0 Å². The molecule has 4 heterocycles. The largest absolute Gasteiger partial charge is 0.465 e. The number of rotatable bonds is 3. The standard InChI is InChI=1S/C16H22N6O3S/c17-11-8-12-13(20-15(26-12)21-4-6-25-7-5-21)19-14(11)22-3-1-2-10(9-22)18-16(23)24/h8,10,18H,1-7,9,17H2,(H,23,24). The predicted molar refractivity (Wildman–Crippen MR) is 101 cm³/mol. The van der Waals surface area contributed by atoms with Crippen molar-refractivity contribution in [2.75, 3.05) is 54.9 Å². The van der Waals surface area contributed by atoms with E-state index in [0.29, 0.717) is 36.9 Å². The molecule has 2 aliphatic heterocycles. The number of fused-ring (bicyclic) bond motifs is 1. The molecule has 2 aromatic rings. The van der Waals surface area contributed by atoms with Gasteiger partial charge in [-0.1, -0.05) is 11.3 Å². The summed E-state index contributed by atoms with van der Waals surface area (Å²) in [7, 11) is 0. The lowest BCUT2D eigenvalue weighted by Gasteiger charge is -2.33. The maximum absolute atomic E-state index is 10.9. The molecular formula is C16H22N6O3S. The van der Waals surface area contributed by atoms with Gasteiger partial charge in [0.05, 0.1) is 23.6 Å². The summed E-state index contributed by atoms with van der Waals surface area (Å²) in [5, 5.41) is 12.5. The maximum atomic E-state index is 10.9. The van der Waals surface area contributed by atoms with Crippen LogP contribution in [0.1, 0.15) is 12.8 Å². The average Bonchev–Trinajstić information content (AvgIpc) is 3.04. The van der Waals surface area contributed by atoms with Crippen LogP contribution in [0.25, 0.3) is 10.3 Å². The first-order chi connectivity index (χ1) is 12.6.